The van der Waals surface area contributed by atoms with Gasteiger partial charge in [-0.05, 0) is 36.8 Å². The van der Waals surface area contributed by atoms with Gasteiger partial charge in [-0.3, -0.25) is 4.72 Å². The van der Waals surface area contributed by atoms with E-state index in [1.807, 2.05) is 0 Å². The summed E-state index contributed by atoms with van der Waals surface area (Å²) in [4.78, 5) is 15.7. The van der Waals surface area contributed by atoms with E-state index in [1.54, 1.807) is 37.3 Å². The number of esters is 1. The molecule has 0 bridgehead atoms. The van der Waals surface area contributed by atoms with Gasteiger partial charge in [0.05, 0.1) is 41.0 Å². The van der Waals surface area contributed by atoms with Crippen molar-refractivity contribution in [1.82, 2.24) is 4.98 Å². The van der Waals surface area contributed by atoms with Crippen LogP contribution in [0.25, 0.3) is 0 Å². The Bertz CT molecular complexity index is 854. The Balaban J connectivity index is 2.15. The predicted molar refractivity (Wildman–Crippen MR) is 98.0 cm³/mol. The Morgan fingerprint density at radius 2 is 2.04 bits per heavy atom. The lowest BCUT2D eigenvalue weighted by Gasteiger charge is -2.11. The van der Waals surface area contributed by atoms with Crippen molar-refractivity contribution in [3.05, 3.63) is 47.1 Å². The highest BCUT2D eigenvalue weighted by molar-refractivity contribution is 7.92. The minimum atomic E-state index is -3.36. The average molecular weight is 384 g/mol. The molecule has 0 aliphatic carbocycles. The van der Waals surface area contributed by atoms with Gasteiger partial charge >= 0.3 is 5.97 Å². The fraction of sp³-hybridized carbons (Fsp3) is 0.250. The van der Waals surface area contributed by atoms with Gasteiger partial charge in [-0.15, -0.1) is 0 Å². The Morgan fingerprint density at radius 3 is 2.64 bits per heavy atom. The number of halogens is 1. The van der Waals surface area contributed by atoms with Crippen molar-refractivity contribution in [3.63, 3.8) is 0 Å². The fourth-order valence-corrected chi connectivity index (χ4v) is 3.32. The molecule has 1 aromatic heterocycles. The third kappa shape index (κ3) is 5.33. The monoisotopic (exact) mass is 383 g/mol. The van der Waals surface area contributed by atoms with Crippen LogP contribution in [-0.4, -0.2) is 32.2 Å². The number of anilines is 3. The summed E-state index contributed by atoms with van der Waals surface area (Å²) in [7, 11) is -2.07. The maximum absolute atomic E-state index is 11.7. The normalized spacial score (nSPS) is 11.0. The SMILES string of the molecule is CCCS(=O)(=O)Nc1ccc(Nc2cc(C(=O)OC)ccc2Cl)nc1. The third-order valence-corrected chi connectivity index (χ3v) is 4.98. The Labute approximate surface area is 151 Å². The molecule has 0 atom stereocenters. The highest BCUT2D eigenvalue weighted by Gasteiger charge is 2.11. The van der Waals surface area contributed by atoms with E-state index in [1.165, 1.54) is 13.3 Å². The second-order valence-electron chi connectivity index (χ2n) is 5.16. The van der Waals surface area contributed by atoms with Crippen molar-refractivity contribution >= 4 is 44.8 Å². The van der Waals surface area contributed by atoms with E-state index < -0.39 is 16.0 Å². The summed E-state index contributed by atoms with van der Waals surface area (Å²) < 4.78 is 30.6. The van der Waals surface area contributed by atoms with E-state index >= 15 is 0 Å². The van der Waals surface area contributed by atoms with Crippen LogP contribution in [0.3, 0.4) is 0 Å². The van der Waals surface area contributed by atoms with Gasteiger partial charge in [-0.2, -0.15) is 0 Å². The highest BCUT2D eigenvalue weighted by Crippen LogP contribution is 2.26. The zero-order chi connectivity index (χ0) is 18.4. The molecule has 0 unspecified atom stereocenters. The number of nitrogens with zero attached hydrogens (tertiary/aromatic N) is 1. The van der Waals surface area contributed by atoms with Gasteiger partial charge in [0, 0.05) is 0 Å². The van der Waals surface area contributed by atoms with Crippen molar-refractivity contribution in [3.8, 4) is 0 Å². The number of hydrogen-bond donors (Lipinski definition) is 2. The summed E-state index contributed by atoms with van der Waals surface area (Å²) >= 11 is 6.11. The van der Waals surface area contributed by atoms with Gasteiger partial charge in [0.1, 0.15) is 5.82 Å². The smallest absolute Gasteiger partial charge is 0.337 e. The van der Waals surface area contributed by atoms with Crippen LogP contribution in [0.1, 0.15) is 23.7 Å². The van der Waals surface area contributed by atoms with Crippen LogP contribution in [0.5, 0.6) is 0 Å². The number of methoxy groups -OCH3 is 1. The van der Waals surface area contributed by atoms with Crippen LogP contribution in [0.15, 0.2) is 36.5 Å². The molecule has 0 spiro atoms. The molecule has 0 amide bonds. The number of carbonyl (C=O) groups excluding carboxylic acids is 1. The number of pyridine rings is 1. The summed E-state index contributed by atoms with van der Waals surface area (Å²) in [5.74, 6) is 0.0128. The fourth-order valence-electron chi connectivity index (χ4n) is 2.03. The maximum Gasteiger partial charge on any atom is 0.337 e. The number of nitrogens with one attached hydrogen (secondary N) is 2. The van der Waals surface area contributed by atoms with Crippen LogP contribution >= 0.6 is 11.6 Å². The lowest BCUT2D eigenvalue weighted by molar-refractivity contribution is 0.0601. The zero-order valence-corrected chi connectivity index (χ0v) is 15.3. The van der Waals surface area contributed by atoms with E-state index in [9.17, 15) is 13.2 Å². The number of aromatic nitrogens is 1. The minimum Gasteiger partial charge on any atom is -0.465 e. The van der Waals surface area contributed by atoms with Crippen LogP contribution in [0.4, 0.5) is 17.2 Å². The molecule has 0 aliphatic heterocycles. The molecule has 2 aromatic rings. The van der Waals surface area contributed by atoms with E-state index in [4.69, 9.17) is 11.6 Å². The summed E-state index contributed by atoms with van der Waals surface area (Å²) in [6.07, 6.45) is 1.92. The molecule has 0 saturated heterocycles. The van der Waals surface area contributed by atoms with E-state index in [-0.39, 0.29) is 5.75 Å². The zero-order valence-electron chi connectivity index (χ0n) is 13.7. The molecule has 134 valence electrons. The third-order valence-electron chi connectivity index (χ3n) is 3.16. The maximum atomic E-state index is 11.7. The molecule has 7 nitrogen and oxygen atoms in total. The first-order valence-electron chi connectivity index (χ1n) is 7.46. The van der Waals surface area contributed by atoms with E-state index in [0.717, 1.165) is 0 Å². The molecule has 1 heterocycles. The van der Waals surface area contributed by atoms with Gasteiger partial charge in [0.2, 0.25) is 10.0 Å². The van der Waals surface area contributed by atoms with Crippen molar-refractivity contribution < 1.29 is 17.9 Å². The molecule has 0 radical (unpaired) electrons. The molecule has 1 aromatic carbocycles. The molecule has 2 N–H and O–H groups in total. The largest absolute Gasteiger partial charge is 0.465 e. The summed E-state index contributed by atoms with van der Waals surface area (Å²) in [5.41, 5.74) is 1.20. The number of rotatable bonds is 7. The van der Waals surface area contributed by atoms with Crippen LogP contribution in [-0.2, 0) is 14.8 Å². The quantitative estimate of drug-likeness (QED) is 0.711. The Hall–Kier alpha value is -2.32. The van der Waals surface area contributed by atoms with Gasteiger partial charge in [-0.25, -0.2) is 18.2 Å². The second-order valence-corrected chi connectivity index (χ2v) is 7.41. The van der Waals surface area contributed by atoms with Crippen LogP contribution in [0.2, 0.25) is 5.02 Å². The Kier molecular flexibility index (Phi) is 6.22. The number of benzene rings is 1. The first-order chi connectivity index (χ1) is 11.8. The lowest BCUT2D eigenvalue weighted by atomic mass is 10.2. The average Bonchev–Trinajstić information content (AvgIpc) is 2.57. The molecular formula is C16H18ClN3O4S. The lowest BCUT2D eigenvalue weighted by Crippen LogP contribution is -2.16. The van der Waals surface area contributed by atoms with Crippen molar-refractivity contribution in [2.24, 2.45) is 0 Å². The highest BCUT2D eigenvalue weighted by atomic mass is 35.5. The Morgan fingerprint density at radius 1 is 1.28 bits per heavy atom. The van der Waals surface area contributed by atoms with Gasteiger partial charge in [-0.1, -0.05) is 18.5 Å². The molecule has 25 heavy (non-hydrogen) atoms. The van der Waals surface area contributed by atoms with E-state index in [0.29, 0.717) is 34.2 Å². The van der Waals surface area contributed by atoms with Crippen molar-refractivity contribution in [1.29, 1.82) is 0 Å². The van der Waals surface area contributed by atoms with E-state index in [2.05, 4.69) is 19.8 Å². The van der Waals surface area contributed by atoms with Gasteiger partial charge < -0.3 is 10.1 Å². The molecule has 2 rings (SSSR count). The van der Waals surface area contributed by atoms with Crippen LogP contribution in [0, 0.1) is 0 Å². The van der Waals surface area contributed by atoms with Crippen LogP contribution < -0.4 is 10.0 Å². The number of ether oxygens (including phenoxy) is 1. The van der Waals surface area contributed by atoms with Crippen molar-refractivity contribution in [2.75, 3.05) is 22.9 Å². The number of carbonyl (C=O) groups is 1. The molecule has 0 saturated carbocycles. The molecule has 0 aliphatic rings. The number of hydrogen-bond acceptors (Lipinski definition) is 6. The minimum absolute atomic E-state index is 0.0446. The summed E-state index contributed by atoms with van der Waals surface area (Å²) in [5, 5.41) is 3.38. The van der Waals surface area contributed by atoms with Gasteiger partial charge in [0.25, 0.3) is 0 Å². The topological polar surface area (TPSA) is 97.4 Å². The first-order valence-corrected chi connectivity index (χ1v) is 9.49. The molecule has 9 heteroatoms. The first kappa shape index (κ1) is 19.0. The predicted octanol–water partition coefficient (Wildman–Crippen LogP) is 3.42. The van der Waals surface area contributed by atoms with Gasteiger partial charge in [0.15, 0.2) is 0 Å². The van der Waals surface area contributed by atoms with Crippen molar-refractivity contribution in [2.45, 2.75) is 13.3 Å². The number of sulfonamides is 1. The molecular weight excluding hydrogens is 366 g/mol. The summed E-state index contributed by atoms with van der Waals surface area (Å²) in [6.45, 7) is 1.79. The molecule has 0 fully saturated rings. The second kappa shape index (κ2) is 8.17. The standard InChI is InChI=1S/C16H18ClN3O4S/c1-3-8-25(22,23)20-12-5-7-15(18-10-12)19-14-9-11(16(21)24-2)4-6-13(14)17/h4-7,9-10,20H,3,8H2,1-2H3,(H,18,19). The summed E-state index contributed by atoms with van der Waals surface area (Å²) in [6, 6.07) is 7.86.